The van der Waals surface area contributed by atoms with E-state index in [-0.39, 0.29) is 22.9 Å². The summed E-state index contributed by atoms with van der Waals surface area (Å²) in [6.07, 6.45) is 0.954. The van der Waals surface area contributed by atoms with Crippen LogP contribution in [0.4, 0.5) is 20.7 Å². The number of nitrogens with one attached hydrogen (secondary N) is 1. The molecule has 246 valence electrons. The molecule has 0 saturated carbocycles. The minimum absolute atomic E-state index is 0.0187. The Morgan fingerprint density at radius 3 is 2.72 bits per heavy atom. The number of benzene rings is 3. The Balaban J connectivity index is 1.33. The first-order valence-electron chi connectivity index (χ1n) is 15.5. The Morgan fingerprint density at radius 1 is 1.11 bits per heavy atom. The molecule has 0 aliphatic rings. The Labute approximate surface area is 284 Å². The first kappa shape index (κ1) is 31.3. The number of hydrogen-bond acceptors (Lipinski definition) is 10. The fourth-order valence-corrected chi connectivity index (χ4v) is 5.05. The third-order valence-electron chi connectivity index (χ3n) is 6.44. The summed E-state index contributed by atoms with van der Waals surface area (Å²) in [7, 11) is 1.41. The van der Waals surface area contributed by atoms with E-state index in [9.17, 15) is 9.18 Å². The highest BCUT2D eigenvalue weighted by Gasteiger charge is 2.23. The van der Waals surface area contributed by atoms with Crippen molar-refractivity contribution in [3.63, 3.8) is 0 Å². The van der Waals surface area contributed by atoms with Crippen LogP contribution in [-0.2, 0) is 27.1 Å². The number of nitrogens with zero attached hydrogens (tertiary/aromatic N) is 3. The number of carbonyl (C=O) groups excluding carboxylic acids is 1. The number of halogens is 2. The Bertz CT molecular complexity index is 1930. The zero-order chi connectivity index (χ0) is 35.2. The molecular weight excluding hydrogens is 647 g/mol. The van der Waals surface area contributed by atoms with Crippen LogP contribution in [0.3, 0.4) is 0 Å². The lowest BCUT2D eigenvalue weighted by Gasteiger charge is -2.26. The van der Waals surface area contributed by atoms with Crippen molar-refractivity contribution in [1.29, 1.82) is 0 Å². The van der Waals surface area contributed by atoms with E-state index in [1.54, 1.807) is 39.0 Å². The summed E-state index contributed by atoms with van der Waals surface area (Å²) in [5, 5.41) is 4.08. The lowest BCUT2D eigenvalue weighted by atomic mass is 10.1. The van der Waals surface area contributed by atoms with Gasteiger partial charge in [0.1, 0.15) is 47.4 Å². The second-order valence-electron chi connectivity index (χ2n) is 11.2. The number of carbonyl (C=O) groups is 1. The molecule has 0 aliphatic heterocycles. The van der Waals surface area contributed by atoms with E-state index in [4.69, 9.17) is 32.6 Å². The monoisotopic (exact) mass is 682 g/mol. The van der Waals surface area contributed by atoms with Crippen LogP contribution in [0.1, 0.15) is 34.8 Å². The summed E-state index contributed by atoms with van der Waals surface area (Å²) in [5.41, 5.74) is 1.34. The SMILES string of the molecule is [2H]C([2H])(Oc1ccc(Nc2ncnc3ccc(-c4ccc(CN(CCSOOC)C(=O)OC(C)(C)C)o4)cc23)cc1Cl)c1cccc(F)c1. The van der Waals surface area contributed by atoms with E-state index in [0.29, 0.717) is 46.2 Å². The number of rotatable bonds is 13. The average Bonchev–Trinajstić information content (AvgIpc) is 3.51. The van der Waals surface area contributed by atoms with E-state index < -0.39 is 24.1 Å². The van der Waals surface area contributed by atoms with Crippen LogP contribution in [0, 0.1) is 5.82 Å². The van der Waals surface area contributed by atoms with Crippen molar-refractivity contribution in [1.82, 2.24) is 14.9 Å². The first-order chi connectivity index (χ1) is 23.3. The predicted molar refractivity (Wildman–Crippen MR) is 180 cm³/mol. The van der Waals surface area contributed by atoms with Gasteiger partial charge in [0, 0.05) is 41.0 Å². The van der Waals surface area contributed by atoms with Gasteiger partial charge >= 0.3 is 6.09 Å². The molecule has 0 saturated heterocycles. The topological polar surface area (TPSA) is 108 Å². The van der Waals surface area contributed by atoms with Crippen molar-refractivity contribution in [3.05, 3.63) is 101 Å². The summed E-state index contributed by atoms with van der Waals surface area (Å²) in [5.74, 6) is 1.58. The fourth-order valence-electron chi connectivity index (χ4n) is 4.37. The molecule has 47 heavy (non-hydrogen) atoms. The summed E-state index contributed by atoms with van der Waals surface area (Å²) < 4.78 is 52.4. The molecule has 0 aliphatic carbocycles. The van der Waals surface area contributed by atoms with Crippen LogP contribution < -0.4 is 10.1 Å². The molecule has 0 fully saturated rings. The first-order valence-corrected chi connectivity index (χ1v) is 15.8. The van der Waals surface area contributed by atoms with Crippen LogP contribution in [0.25, 0.3) is 22.2 Å². The summed E-state index contributed by atoms with van der Waals surface area (Å²) in [6.45, 7) is 3.60. The molecule has 2 aromatic heterocycles. The molecule has 5 aromatic rings. The normalized spacial score (nSPS) is 12.4. The molecule has 0 radical (unpaired) electrons. The van der Waals surface area contributed by atoms with Crippen molar-refractivity contribution in [2.24, 2.45) is 0 Å². The van der Waals surface area contributed by atoms with Gasteiger partial charge < -0.3 is 19.2 Å². The van der Waals surface area contributed by atoms with Crippen molar-refractivity contribution < 1.29 is 35.0 Å². The molecule has 10 nitrogen and oxygen atoms in total. The molecule has 1 amide bonds. The van der Waals surface area contributed by atoms with Gasteiger partial charge in [-0.2, -0.15) is 4.33 Å². The second-order valence-corrected chi connectivity index (χ2v) is 12.4. The second kappa shape index (κ2) is 15.5. The molecule has 0 bridgehead atoms. The van der Waals surface area contributed by atoms with E-state index in [1.165, 1.54) is 42.6 Å². The number of anilines is 2. The van der Waals surface area contributed by atoms with Crippen LogP contribution in [0.2, 0.25) is 5.02 Å². The highest BCUT2D eigenvalue weighted by atomic mass is 35.5. The summed E-state index contributed by atoms with van der Waals surface area (Å²) in [6, 6.07) is 19.1. The number of hydrogen-bond donors (Lipinski definition) is 1. The molecular formula is C34H34ClFN4O6S. The Hall–Kier alpha value is -4.36. The van der Waals surface area contributed by atoms with Gasteiger partial charge in [0.05, 0.1) is 26.9 Å². The zero-order valence-electron chi connectivity index (χ0n) is 28.1. The molecule has 1 N–H and O–H groups in total. The van der Waals surface area contributed by atoms with Crippen molar-refractivity contribution in [2.45, 2.75) is 39.5 Å². The van der Waals surface area contributed by atoms with Gasteiger partial charge in [0.25, 0.3) is 0 Å². The van der Waals surface area contributed by atoms with Gasteiger partial charge in [-0.1, -0.05) is 23.7 Å². The largest absolute Gasteiger partial charge is 0.487 e. The van der Waals surface area contributed by atoms with Gasteiger partial charge in [-0.15, -0.1) is 0 Å². The molecule has 5 rings (SSSR count). The average molecular weight is 683 g/mol. The fraction of sp³-hybridized carbons (Fsp3) is 0.265. The van der Waals surface area contributed by atoms with Crippen molar-refractivity contribution >= 4 is 52.1 Å². The molecule has 3 aromatic carbocycles. The van der Waals surface area contributed by atoms with E-state index in [0.717, 1.165) is 23.7 Å². The van der Waals surface area contributed by atoms with Crippen LogP contribution in [-0.4, -0.2) is 46.0 Å². The summed E-state index contributed by atoms with van der Waals surface area (Å²) in [4.78, 5) is 27.9. The quantitative estimate of drug-likeness (QED) is 0.0559. The van der Waals surface area contributed by atoms with Gasteiger partial charge in [0.2, 0.25) is 0 Å². The van der Waals surface area contributed by atoms with Crippen LogP contribution >= 0.6 is 23.6 Å². The van der Waals surface area contributed by atoms with Gasteiger partial charge in [-0.3, -0.25) is 4.90 Å². The maximum Gasteiger partial charge on any atom is 0.410 e. The third-order valence-corrected chi connectivity index (χ3v) is 7.32. The van der Waals surface area contributed by atoms with E-state index in [2.05, 4.69) is 20.2 Å². The Kier molecular flexibility index (Phi) is 10.3. The smallest absolute Gasteiger partial charge is 0.410 e. The molecule has 2 heterocycles. The van der Waals surface area contributed by atoms with Gasteiger partial charge in [0.15, 0.2) is 0 Å². The third kappa shape index (κ3) is 9.58. The molecule has 0 spiro atoms. The number of fused-ring (bicyclic) bond motifs is 1. The maximum atomic E-state index is 13.7. The zero-order valence-corrected chi connectivity index (χ0v) is 27.7. The number of aromatic nitrogens is 2. The number of amides is 1. The summed E-state index contributed by atoms with van der Waals surface area (Å²) >= 11 is 7.55. The van der Waals surface area contributed by atoms with Gasteiger partial charge in [-0.25, -0.2) is 24.0 Å². The number of ether oxygens (including phenoxy) is 2. The standard InChI is InChI=1S/C34H34ClFN4O6S/c1-34(2,3)45-33(41)40(14-15-47-46-42-4)19-26-10-13-30(44-26)23-8-11-29-27(17-23)32(38-21-37-29)39-25-9-12-31(28(35)18-25)43-20-22-6-5-7-24(36)16-22/h5-13,16-18,21H,14-15,19-20H2,1-4H3,(H,37,38,39)/i20D2. The molecule has 13 heteroatoms. The maximum absolute atomic E-state index is 13.7. The van der Waals surface area contributed by atoms with Crippen LogP contribution in [0.15, 0.2) is 83.5 Å². The van der Waals surface area contributed by atoms with Crippen molar-refractivity contribution in [2.75, 3.05) is 24.7 Å². The lowest BCUT2D eigenvalue weighted by molar-refractivity contribution is -0.160. The minimum atomic E-state index is -2.32. The van der Waals surface area contributed by atoms with E-state index in [1.807, 2.05) is 24.3 Å². The van der Waals surface area contributed by atoms with Crippen LogP contribution in [0.5, 0.6) is 5.75 Å². The number of furan rings is 1. The van der Waals surface area contributed by atoms with E-state index >= 15 is 0 Å². The molecule has 0 unspecified atom stereocenters. The van der Waals surface area contributed by atoms with Crippen molar-refractivity contribution in [3.8, 4) is 17.1 Å². The molecule has 0 atom stereocenters. The predicted octanol–water partition coefficient (Wildman–Crippen LogP) is 8.97. The van der Waals surface area contributed by atoms with Gasteiger partial charge in [-0.05, 0) is 87.0 Å². The Morgan fingerprint density at radius 2 is 1.96 bits per heavy atom. The highest BCUT2D eigenvalue weighted by Crippen LogP contribution is 2.33. The highest BCUT2D eigenvalue weighted by molar-refractivity contribution is 7.94. The minimum Gasteiger partial charge on any atom is -0.487 e. The lowest BCUT2D eigenvalue weighted by Crippen LogP contribution is -2.37.